The Labute approximate surface area is 117 Å². The number of anilines is 1. The summed E-state index contributed by atoms with van der Waals surface area (Å²) in [6.45, 7) is 9.16. The van der Waals surface area contributed by atoms with Gasteiger partial charge in [-0.1, -0.05) is 0 Å². The van der Waals surface area contributed by atoms with Crippen LogP contribution in [0.5, 0.6) is 0 Å². The molecule has 0 amide bonds. The van der Waals surface area contributed by atoms with Crippen molar-refractivity contribution in [1.82, 2.24) is 0 Å². The monoisotopic (exact) mass is 355 g/mol. The van der Waals surface area contributed by atoms with E-state index in [-0.39, 0.29) is 0 Å². The summed E-state index contributed by atoms with van der Waals surface area (Å²) in [5.41, 5.74) is 1.27. The molecule has 0 aliphatic carbocycles. The summed E-state index contributed by atoms with van der Waals surface area (Å²) in [6.07, 6.45) is 0. The van der Waals surface area contributed by atoms with Gasteiger partial charge < -0.3 is 0 Å². The van der Waals surface area contributed by atoms with Gasteiger partial charge >= 0.3 is 118 Å². The van der Waals surface area contributed by atoms with E-state index in [9.17, 15) is 0 Å². The van der Waals surface area contributed by atoms with Gasteiger partial charge in [0.05, 0.1) is 0 Å². The van der Waals surface area contributed by atoms with E-state index in [0.29, 0.717) is 17.9 Å². The summed E-state index contributed by atoms with van der Waals surface area (Å²) in [5.74, 6) is 1.32. The molecule has 18 heavy (non-hydrogen) atoms. The molecule has 0 aliphatic heterocycles. The van der Waals surface area contributed by atoms with Gasteiger partial charge in [-0.25, -0.2) is 0 Å². The van der Waals surface area contributed by atoms with E-state index in [1.54, 1.807) is 3.58 Å². The van der Waals surface area contributed by atoms with Crippen LogP contribution in [0.3, 0.4) is 0 Å². The van der Waals surface area contributed by atoms with Crippen LogP contribution < -0.4 is 8.90 Å². The standard InChI is InChI=1S/C13H20N.3CH3.Sn/c1-10(2)13(11(3)4)14-12-8-6-5-7-9-12;;;;/h6-11,13-14H,1-4H3;3*1H3;. The van der Waals surface area contributed by atoms with Crippen LogP contribution in [0.1, 0.15) is 27.7 Å². The molecule has 0 spiro atoms. The van der Waals surface area contributed by atoms with E-state index in [0.717, 1.165) is 0 Å². The normalized spacial score (nSPS) is 12.6. The Morgan fingerprint density at radius 3 is 1.61 bits per heavy atom. The van der Waals surface area contributed by atoms with E-state index in [1.807, 2.05) is 0 Å². The van der Waals surface area contributed by atoms with Crippen LogP contribution in [0.15, 0.2) is 24.3 Å². The molecule has 0 saturated carbocycles. The maximum absolute atomic E-state index is 3.68. The number of rotatable bonds is 5. The van der Waals surface area contributed by atoms with Crippen LogP contribution in [-0.2, 0) is 0 Å². The summed E-state index contributed by atoms with van der Waals surface area (Å²) >= 11 is -1.88. The molecule has 0 radical (unpaired) electrons. The second-order valence-corrected chi connectivity index (χ2v) is 21.5. The second-order valence-electron chi connectivity index (χ2n) is 6.99. The van der Waals surface area contributed by atoms with Crippen molar-refractivity contribution in [2.75, 3.05) is 5.32 Å². The van der Waals surface area contributed by atoms with Crippen LogP contribution in [0.4, 0.5) is 5.69 Å². The molecule has 1 rings (SSSR count). The molecule has 0 fully saturated rings. The molecule has 0 aromatic heterocycles. The van der Waals surface area contributed by atoms with Gasteiger partial charge in [-0.3, -0.25) is 0 Å². The third-order valence-electron chi connectivity index (χ3n) is 3.52. The van der Waals surface area contributed by atoms with Crippen molar-refractivity contribution in [3.05, 3.63) is 24.3 Å². The van der Waals surface area contributed by atoms with Crippen molar-refractivity contribution in [3.8, 4) is 0 Å². The van der Waals surface area contributed by atoms with E-state index in [4.69, 9.17) is 0 Å². The maximum atomic E-state index is 3.68. The fourth-order valence-corrected chi connectivity index (χ4v) is 5.69. The molecule has 102 valence electrons. The van der Waals surface area contributed by atoms with Gasteiger partial charge in [-0.2, -0.15) is 0 Å². The van der Waals surface area contributed by atoms with Gasteiger partial charge in [0.2, 0.25) is 0 Å². The average molecular weight is 354 g/mol. The topological polar surface area (TPSA) is 12.0 Å². The Kier molecular flexibility index (Phi) is 5.57. The number of hydrogen-bond acceptors (Lipinski definition) is 1. The van der Waals surface area contributed by atoms with Crippen molar-refractivity contribution in [3.63, 3.8) is 0 Å². The van der Waals surface area contributed by atoms with Crippen LogP contribution in [-0.4, -0.2) is 24.4 Å². The van der Waals surface area contributed by atoms with Crippen LogP contribution in [0, 0.1) is 11.8 Å². The Balaban J connectivity index is 2.80. The van der Waals surface area contributed by atoms with Crippen molar-refractivity contribution in [2.45, 2.75) is 48.6 Å². The second kappa shape index (κ2) is 6.31. The van der Waals surface area contributed by atoms with Gasteiger partial charge in [0.1, 0.15) is 0 Å². The molecule has 0 atom stereocenters. The molecular formula is C16H29NSn. The first-order valence-corrected chi connectivity index (χ1v) is 17.1. The van der Waals surface area contributed by atoms with Crippen LogP contribution in [0.25, 0.3) is 0 Å². The van der Waals surface area contributed by atoms with Crippen molar-refractivity contribution in [1.29, 1.82) is 0 Å². The molecule has 0 unspecified atom stereocenters. The zero-order valence-electron chi connectivity index (χ0n) is 13.0. The Bertz CT molecular complexity index is 352. The molecule has 1 N–H and O–H groups in total. The van der Waals surface area contributed by atoms with Crippen LogP contribution in [0.2, 0.25) is 14.8 Å². The summed E-state index contributed by atoms with van der Waals surface area (Å²) in [4.78, 5) is 7.38. The summed E-state index contributed by atoms with van der Waals surface area (Å²) in [5, 5.41) is 3.68. The van der Waals surface area contributed by atoms with Gasteiger partial charge in [0.15, 0.2) is 0 Å². The molecule has 1 nitrogen and oxygen atoms in total. The molecule has 0 heterocycles. The molecule has 2 heteroatoms. The molecule has 0 saturated heterocycles. The van der Waals surface area contributed by atoms with Gasteiger partial charge in [-0.15, -0.1) is 0 Å². The first-order chi connectivity index (χ1) is 8.21. The summed E-state index contributed by atoms with van der Waals surface area (Å²) < 4.78 is 1.60. The molecule has 0 aliphatic rings. The summed E-state index contributed by atoms with van der Waals surface area (Å²) in [6, 6.07) is 9.73. The quantitative estimate of drug-likeness (QED) is 0.777. The zero-order valence-corrected chi connectivity index (χ0v) is 15.9. The third kappa shape index (κ3) is 4.49. The summed E-state index contributed by atoms with van der Waals surface area (Å²) in [7, 11) is 0. The van der Waals surface area contributed by atoms with Gasteiger partial charge in [0, 0.05) is 0 Å². The Hall–Kier alpha value is -0.181. The molecule has 1 aromatic carbocycles. The van der Waals surface area contributed by atoms with E-state index in [2.05, 4.69) is 72.1 Å². The molecule has 0 bridgehead atoms. The van der Waals surface area contributed by atoms with E-state index < -0.39 is 18.4 Å². The minimum atomic E-state index is -1.88. The number of nitrogens with one attached hydrogen (secondary N) is 1. The Morgan fingerprint density at radius 1 is 0.833 bits per heavy atom. The van der Waals surface area contributed by atoms with Gasteiger partial charge in [0.25, 0.3) is 0 Å². The van der Waals surface area contributed by atoms with Gasteiger partial charge in [-0.05, 0) is 0 Å². The average Bonchev–Trinajstić information content (AvgIpc) is 2.24. The van der Waals surface area contributed by atoms with E-state index >= 15 is 0 Å². The van der Waals surface area contributed by atoms with Crippen LogP contribution >= 0.6 is 0 Å². The Morgan fingerprint density at radius 2 is 1.28 bits per heavy atom. The zero-order chi connectivity index (χ0) is 13.9. The fourth-order valence-electron chi connectivity index (χ4n) is 2.36. The molecular weight excluding hydrogens is 325 g/mol. The SMILES string of the molecule is CC(C)C(Nc1cc[c]([Sn]([CH3])([CH3])[CH3])cc1)C(C)C. The van der Waals surface area contributed by atoms with Crippen molar-refractivity contribution < 1.29 is 0 Å². The predicted molar refractivity (Wildman–Crippen MR) is 86.5 cm³/mol. The first kappa shape index (κ1) is 15.9. The fraction of sp³-hybridized carbons (Fsp3) is 0.625. The number of hydrogen-bond donors (Lipinski definition) is 1. The van der Waals surface area contributed by atoms with Crippen molar-refractivity contribution in [2.24, 2.45) is 11.8 Å². The molecule has 1 aromatic rings. The minimum absolute atomic E-state index is 0.550. The first-order valence-electron chi connectivity index (χ1n) is 7.09. The van der Waals surface area contributed by atoms with E-state index in [1.165, 1.54) is 5.69 Å². The number of benzene rings is 1. The predicted octanol–water partition coefficient (Wildman–Crippen LogP) is 4.32. The third-order valence-corrected chi connectivity index (χ3v) is 9.42. The van der Waals surface area contributed by atoms with Crippen molar-refractivity contribution >= 4 is 27.6 Å².